The van der Waals surface area contributed by atoms with Gasteiger partial charge in [-0.1, -0.05) is 6.07 Å². The molecule has 2 aliphatic rings. The van der Waals surface area contributed by atoms with Crippen LogP contribution >= 0.6 is 0 Å². The summed E-state index contributed by atoms with van der Waals surface area (Å²) in [6, 6.07) is 7.93. The van der Waals surface area contributed by atoms with Crippen molar-refractivity contribution in [2.45, 2.75) is 83.4 Å². The molecule has 0 bridgehead atoms. The molecular formula is C29H47N5O5. The van der Waals surface area contributed by atoms with Crippen molar-refractivity contribution in [3.63, 3.8) is 0 Å². The smallest absolute Gasteiger partial charge is 0.407 e. The van der Waals surface area contributed by atoms with E-state index in [1.165, 1.54) is 12.0 Å². The van der Waals surface area contributed by atoms with Crippen molar-refractivity contribution in [3.05, 3.63) is 24.3 Å². The zero-order chi connectivity index (χ0) is 28.6. The van der Waals surface area contributed by atoms with E-state index in [1.807, 2.05) is 39.0 Å². The average molecular weight is 546 g/mol. The van der Waals surface area contributed by atoms with E-state index in [1.54, 1.807) is 0 Å². The summed E-state index contributed by atoms with van der Waals surface area (Å²) in [6.07, 6.45) is 6.09. The molecule has 10 nitrogen and oxygen atoms in total. The number of anilines is 2. The van der Waals surface area contributed by atoms with E-state index in [9.17, 15) is 14.4 Å². The first-order valence-corrected chi connectivity index (χ1v) is 14.1. The van der Waals surface area contributed by atoms with E-state index in [2.05, 4.69) is 28.2 Å². The van der Waals surface area contributed by atoms with Crippen LogP contribution in [0.2, 0.25) is 0 Å². The topological polar surface area (TPSA) is 117 Å². The van der Waals surface area contributed by atoms with Gasteiger partial charge in [0.1, 0.15) is 5.60 Å². The predicted molar refractivity (Wildman–Crippen MR) is 153 cm³/mol. The zero-order valence-electron chi connectivity index (χ0n) is 24.3. The van der Waals surface area contributed by atoms with Crippen LogP contribution in [0.1, 0.15) is 65.7 Å². The van der Waals surface area contributed by atoms with Gasteiger partial charge in [-0.05, 0) is 90.5 Å². The van der Waals surface area contributed by atoms with Crippen LogP contribution in [0.15, 0.2) is 24.3 Å². The number of benzene rings is 1. The molecule has 1 saturated carbocycles. The summed E-state index contributed by atoms with van der Waals surface area (Å²) in [4.78, 5) is 42.0. The SMILES string of the molecule is COC(=O)CCN(C(N)=O)c1cccc(N2CCC(CN(C)C3CCC(NC(=O)OC(C)(C)C)CC3)CC2)c1. The molecule has 3 rings (SSSR count). The van der Waals surface area contributed by atoms with Gasteiger partial charge >= 0.3 is 18.1 Å². The number of hydrogen-bond donors (Lipinski definition) is 2. The van der Waals surface area contributed by atoms with Crippen LogP contribution in [0.5, 0.6) is 0 Å². The van der Waals surface area contributed by atoms with Gasteiger partial charge in [0, 0.05) is 49.6 Å². The normalized spacial score (nSPS) is 20.4. The average Bonchev–Trinajstić information content (AvgIpc) is 2.88. The first-order chi connectivity index (χ1) is 18.4. The summed E-state index contributed by atoms with van der Waals surface area (Å²) in [7, 11) is 3.56. The van der Waals surface area contributed by atoms with Crippen LogP contribution in [0.3, 0.4) is 0 Å². The second kappa shape index (κ2) is 13.9. The number of methoxy groups -OCH3 is 1. The van der Waals surface area contributed by atoms with Gasteiger partial charge in [-0.25, -0.2) is 9.59 Å². The third kappa shape index (κ3) is 9.60. The molecule has 218 valence electrons. The van der Waals surface area contributed by atoms with Crippen LogP contribution in [-0.2, 0) is 14.3 Å². The van der Waals surface area contributed by atoms with Gasteiger partial charge in [-0.3, -0.25) is 9.69 Å². The first kappa shape index (κ1) is 30.5. The van der Waals surface area contributed by atoms with Crippen molar-refractivity contribution >= 4 is 29.5 Å². The number of hydrogen-bond acceptors (Lipinski definition) is 7. The summed E-state index contributed by atoms with van der Waals surface area (Å²) in [5.74, 6) is 0.254. The van der Waals surface area contributed by atoms with E-state index >= 15 is 0 Å². The maximum Gasteiger partial charge on any atom is 0.407 e. The van der Waals surface area contributed by atoms with Crippen LogP contribution in [-0.4, -0.2) is 81.0 Å². The highest BCUT2D eigenvalue weighted by molar-refractivity contribution is 5.91. The number of rotatable bonds is 9. The molecular weight excluding hydrogens is 498 g/mol. The van der Waals surface area contributed by atoms with E-state index < -0.39 is 11.6 Å². The third-order valence-electron chi connectivity index (χ3n) is 7.74. The third-order valence-corrected chi connectivity index (χ3v) is 7.74. The Morgan fingerprint density at radius 1 is 1.08 bits per heavy atom. The molecule has 0 atom stereocenters. The van der Waals surface area contributed by atoms with Crippen LogP contribution < -0.4 is 20.9 Å². The van der Waals surface area contributed by atoms with E-state index in [-0.39, 0.29) is 31.1 Å². The molecule has 1 aliphatic heterocycles. The van der Waals surface area contributed by atoms with Gasteiger partial charge in [0.2, 0.25) is 0 Å². The Hall–Kier alpha value is -3.01. The number of urea groups is 1. The fourth-order valence-corrected chi connectivity index (χ4v) is 5.59. The highest BCUT2D eigenvalue weighted by Crippen LogP contribution is 2.29. The molecule has 3 amide bonds. The van der Waals surface area contributed by atoms with Crippen LogP contribution in [0.25, 0.3) is 0 Å². The molecule has 10 heteroatoms. The molecule has 2 fully saturated rings. The summed E-state index contributed by atoms with van der Waals surface area (Å²) in [5.41, 5.74) is 6.86. The lowest BCUT2D eigenvalue weighted by Gasteiger charge is -2.39. The molecule has 1 heterocycles. The van der Waals surface area contributed by atoms with E-state index in [4.69, 9.17) is 15.2 Å². The Morgan fingerprint density at radius 3 is 2.33 bits per heavy atom. The number of esters is 1. The van der Waals surface area contributed by atoms with E-state index in [0.29, 0.717) is 17.6 Å². The molecule has 1 aromatic carbocycles. The number of primary amides is 1. The minimum absolute atomic E-state index is 0.0878. The minimum Gasteiger partial charge on any atom is -0.469 e. The Labute approximate surface area is 233 Å². The van der Waals surface area contributed by atoms with Gasteiger partial charge in [-0.2, -0.15) is 0 Å². The molecule has 0 unspecified atom stereocenters. The molecule has 39 heavy (non-hydrogen) atoms. The fraction of sp³-hybridized carbons (Fsp3) is 0.690. The summed E-state index contributed by atoms with van der Waals surface area (Å²) in [5, 5.41) is 3.03. The number of nitrogens with one attached hydrogen (secondary N) is 1. The lowest BCUT2D eigenvalue weighted by Crippen LogP contribution is -2.46. The fourth-order valence-electron chi connectivity index (χ4n) is 5.59. The lowest BCUT2D eigenvalue weighted by molar-refractivity contribution is -0.140. The van der Waals surface area contributed by atoms with Crippen molar-refractivity contribution in [2.24, 2.45) is 11.7 Å². The first-order valence-electron chi connectivity index (χ1n) is 14.1. The van der Waals surface area contributed by atoms with Crippen LogP contribution in [0.4, 0.5) is 21.0 Å². The number of piperidine rings is 1. The largest absolute Gasteiger partial charge is 0.469 e. The second-order valence-corrected chi connectivity index (χ2v) is 11.9. The van der Waals surface area contributed by atoms with Gasteiger partial charge in [-0.15, -0.1) is 0 Å². The number of alkyl carbamates (subject to hydrolysis) is 1. The number of carbonyl (C=O) groups is 3. The van der Waals surface area contributed by atoms with Crippen molar-refractivity contribution in [3.8, 4) is 0 Å². The predicted octanol–water partition coefficient (Wildman–Crippen LogP) is 4.12. The summed E-state index contributed by atoms with van der Waals surface area (Å²) < 4.78 is 10.1. The highest BCUT2D eigenvalue weighted by Gasteiger charge is 2.29. The lowest BCUT2D eigenvalue weighted by atomic mass is 9.89. The van der Waals surface area contributed by atoms with Gasteiger partial charge in [0.15, 0.2) is 0 Å². The Kier molecular flexibility index (Phi) is 10.9. The molecule has 0 aromatic heterocycles. The van der Waals surface area contributed by atoms with Crippen molar-refractivity contribution in [2.75, 3.05) is 50.1 Å². The maximum atomic E-state index is 12.1. The van der Waals surface area contributed by atoms with Gasteiger partial charge in [0.05, 0.1) is 13.5 Å². The molecule has 0 radical (unpaired) electrons. The number of nitrogens with two attached hydrogens (primary N) is 1. The monoisotopic (exact) mass is 545 g/mol. The number of carbonyl (C=O) groups excluding carboxylic acids is 3. The second-order valence-electron chi connectivity index (χ2n) is 11.9. The maximum absolute atomic E-state index is 12.1. The Bertz CT molecular complexity index is 965. The van der Waals surface area contributed by atoms with Crippen molar-refractivity contribution in [1.29, 1.82) is 0 Å². The minimum atomic E-state index is -0.590. The van der Waals surface area contributed by atoms with Gasteiger partial charge < -0.3 is 30.3 Å². The molecule has 0 spiro atoms. The standard InChI is InChI=1S/C29H47N5O5/c1-29(2,3)39-28(37)31-22-9-11-23(12-10-22)32(4)20-21-13-16-33(17-14-21)24-7-6-8-25(19-24)34(27(30)36)18-15-26(35)38-5/h6-8,19,21-23H,9-18,20H2,1-5H3,(H2,30,36)(H,31,37). The quantitative estimate of drug-likeness (QED) is 0.448. The number of nitrogens with zero attached hydrogens (tertiary/aromatic N) is 3. The zero-order valence-corrected chi connectivity index (χ0v) is 24.3. The Morgan fingerprint density at radius 2 is 1.74 bits per heavy atom. The number of ether oxygens (including phenoxy) is 2. The van der Waals surface area contributed by atoms with Gasteiger partial charge in [0.25, 0.3) is 0 Å². The van der Waals surface area contributed by atoms with E-state index in [0.717, 1.165) is 63.8 Å². The molecule has 3 N–H and O–H groups in total. The van der Waals surface area contributed by atoms with Crippen molar-refractivity contribution < 1.29 is 23.9 Å². The molecule has 1 saturated heterocycles. The summed E-state index contributed by atoms with van der Waals surface area (Å²) in [6.45, 7) is 8.80. The Balaban J connectivity index is 1.45. The highest BCUT2D eigenvalue weighted by atomic mass is 16.6. The van der Waals surface area contributed by atoms with Crippen LogP contribution in [0, 0.1) is 5.92 Å². The summed E-state index contributed by atoms with van der Waals surface area (Å²) >= 11 is 0. The molecule has 1 aromatic rings. The number of amides is 3. The molecule has 1 aliphatic carbocycles. The van der Waals surface area contributed by atoms with Crippen molar-refractivity contribution in [1.82, 2.24) is 10.2 Å².